The molecule has 0 aliphatic rings. The number of phosphoric acid groups is 2. The van der Waals surface area contributed by atoms with Gasteiger partial charge in [0.15, 0.2) is 6.10 Å². The van der Waals surface area contributed by atoms with Crippen LogP contribution in [0.1, 0.15) is 265 Å². The highest BCUT2D eigenvalue weighted by atomic mass is 31.2. The first kappa shape index (κ1) is 95.6. The van der Waals surface area contributed by atoms with Crippen molar-refractivity contribution in [3.8, 4) is 0 Å². The molecule has 0 rings (SSSR count). The topological polar surface area (TPSA) is 231 Å². The lowest BCUT2D eigenvalue weighted by Crippen LogP contribution is -2.30. The van der Waals surface area contributed by atoms with Crippen LogP contribution in [0, 0.1) is 0 Å². The predicted octanol–water partition coefficient (Wildman–Crippen LogP) is 22.2. The van der Waals surface area contributed by atoms with Gasteiger partial charge in [0, 0.05) is 19.3 Å². The number of unbranched alkanes of at least 4 members (excludes halogenated alkanes) is 17. The van der Waals surface area contributed by atoms with Crippen LogP contribution in [0.2, 0.25) is 0 Å². The molecule has 5 atom stereocenters. The molecular weight excluding hydrogens is 1310 g/mol. The maximum Gasteiger partial charge on any atom is 0.472 e. The summed E-state index contributed by atoms with van der Waals surface area (Å²) in [4.78, 5) is 58.5. The summed E-state index contributed by atoms with van der Waals surface area (Å²) in [5.41, 5.74) is 0. The van der Waals surface area contributed by atoms with Crippen LogP contribution in [0.15, 0.2) is 182 Å². The summed E-state index contributed by atoms with van der Waals surface area (Å²) in [5, 5.41) is 20.6. The Balaban J connectivity index is 4.57. The summed E-state index contributed by atoms with van der Waals surface area (Å²) >= 11 is 0. The lowest BCUT2D eigenvalue weighted by Gasteiger charge is -2.21. The predicted molar refractivity (Wildman–Crippen MR) is 417 cm³/mol. The number of allylic oxidation sites excluding steroid dienone is 30. The summed E-state index contributed by atoms with van der Waals surface area (Å²) < 4.78 is 60.9. The van der Waals surface area contributed by atoms with Crippen LogP contribution >= 0.6 is 15.6 Å². The fourth-order valence-electron chi connectivity index (χ4n) is 9.44. The minimum atomic E-state index is -4.96. The standard InChI is InChI=1S/C83H134O16P2/c1-4-7-10-13-16-19-22-25-28-30-32-33-34-35-36-37-38-39-40-41-42-43-45-47-49-51-54-57-60-63-66-69-81(86)93-72-78(84)73-95-100(89,90)96-74-79(85)75-97-101(91,92)98-77-80(99-83(88)71-68-65-62-59-56-53-48-27-24-21-18-15-12-9-6-3)76-94-82(87)70-67-64-61-58-55-52-50-46-44-31-29-26-23-20-17-14-11-8-5-2/h7-12,16-21,25-29,32-33,35-36,38-39,44,46,48,52,55,61,64,78-80,84-85H,4-6,13-15,22-24,30-31,34,37,40-43,45,47,49-51,53-54,56-60,62-63,65-77H2,1-3H3,(H,89,90)(H,91,92)/b10-7-,11-8-,12-9-,19-16-,20-17-,21-18-,28-25-,29-26-,33-32-,36-35-,39-38-,46-44-,48-27-,55-52-,64-61-. The van der Waals surface area contributed by atoms with E-state index in [0.29, 0.717) is 25.7 Å². The average Bonchev–Trinajstić information content (AvgIpc) is 0.980. The third-order valence-electron chi connectivity index (χ3n) is 15.1. The zero-order valence-corrected chi connectivity index (χ0v) is 64.0. The molecule has 572 valence electrons. The fraction of sp³-hybridized carbons (Fsp3) is 0.602. The van der Waals surface area contributed by atoms with Crippen molar-refractivity contribution in [2.24, 2.45) is 0 Å². The number of aliphatic hydroxyl groups is 2. The van der Waals surface area contributed by atoms with E-state index in [2.05, 4.69) is 185 Å². The van der Waals surface area contributed by atoms with Gasteiger partial charge in [-0.3, -0.25) is 32.5 Å². The molecule has 101 heavy (non-hydrogen) atoms. The van der Waals surface area contributed by atoms with Crippen LogP contribution in [0.3, 0.4) is 0 Å². The second-order valence-corrected chi connectivity index (χ2v) is 27.6. The number of carbonyl (C=O) groups is 3. The van der Waals surface area contributed by atoms with E-state index in [1.54, 1.807) is 0 Å². The van der Waals surface area contributed by atoms with Crippen molar-refractivity contribution >= 4 is 33.6 Å². The average molecular weight is 1450 g/mol. The van der Waals surface area contributed by atoms with Gasteiger partial charge >= 0.3 is 33.6 Å². The molecule has 0 aromatic rings. The van der Waals surface area contributed by atoms with Crippen molar-refractivity contribution in [2.45, 2.75) is 283 Å². The summed E-state index contributed by atoms with van der Waals surface area (Å²) in [5.74, 6) is -1.71. The zero-order chi connectivity index (χ0) is 73.7. The van der Waals surface area contributed by atoms with Crippen molar-refractivity contribution in [1.82, 2.24) is 0 Å². The number of ether oxygens (including phenoxy) is 3. The number of hydrogen-bond acceptors (Lipinski definition) is 14. The molecule has 5 unspecified atom stereocenters. The quantitative estimate of drug-likeness (QED) is 0.0146. The van der Waals surface area contributed by atoms with E-state index in [4.69, 9.17) is 32.3 Å². The lowest BCUT2D eigenvalue weighted by atomic mass is 10.0. The summed E-state index contributed by atoms with van der Waals surface area (Å²) in [6, 6.07) is 0. The molecule has 0 saturated heterocycles. The number of esters is 3. The molecule has 0 aliphatic carbocycles. The van der Waals surface area contributed by atoms with E-state index in [9.17, 15) is 43.5 Å². The second-order valence-electron chi connectivity index (χ2n) is 24.7. The molecule has 0 saturated carbocycles. The van der Waals surface area contributed by atoms with Gasteiger partial charge in [-0.05, 0) is 141 Å². The van der Waals surface area contributed by atoms with Gasteiger partial charge in [0.25, 0.3) is 0 Å². The minimum absolute atomic E-state index is 0.0350. The summed E-state index contributed by atoms with van der Waals surface area (Å²) in [6.07, 6.45) is 95.4. The molecule has 0 bridgehead atoms. The van der Waals surface area contributed by atoms with Crippen molar-refractivity contribution in [2.75, 3.05) is 39.6 Å². The smallest absolute Gasteiger partial charge is 0.463 e. The fourth-order valence-corrected chi connectivity index (χ4v) is 11.0. The molecule has 4 N–H and O–H groups in total. The van der Waals surface area contributed by atoms with Crippen molar-refractivity contribution in [3.05, 3.63) is 182 Å². The van der Waals surface area contributed by atoms with Crippen LogP contribution in [-0.2, 0) is 55.8 Å². The number of carbonyl (C=O) groups excluding carboxylic acids is 3. The van der Waals surface area contributed by atoms with E-state index in [-0.39, 0.29) is 19.3 Å². The lowest BCUT2D eigenvalue weighted by molar-refractivity contribution is -0.161. The number of hydrogen-bond donors (Lipinski definition) is 4. The Kier molecular flexibility index (Phi) is 70.4. The molecule has 0 aliphatic heterocycles. The largest absolute Gasteiger partial charge is 0.472 e. The minimum Gasteiger partial charge on any atom is -0.463 e. The van der Waals surface area contributed by atoms with Gasteiger partial charge in [-0.2, -0.15) is 0 Å². The Bertz CT molecular complexity index is 2570. The Morgan fingerprint density at radius 1 is 0.277 bits per heavy atom. The molecule has 16 nitrogen and oxygen atoms in total. The van der Waals surface area contributed by atoms with Crippen LogP contribution in [0.25, 0.3) is 0 Å². The zero-order valence-electron chi connectivity index (χ0n) is 62.2. The van der Waals surface area contributed by atoms with E-state index in [1.807, 2.05) is 18.2 Å². The SMILES string of the molecule is CC/C=C\C/C=C\C/C=C\C/C=C\C/C=C\C/C=C\CCCCCCCCCCCCCCC(=O)OCC(O)COP(=O)(O)OCC(O)COP(=O)(O)OCC(COC(=O)CC/C=C\C/C=C\C/C=C\C/C=C\C/C=C\C/C=C\CC)OC(=O)CCCCCCC/C=C\C/C=C\C/C=C\CC. The highest BCUT2D eigenvalue weighted by Crippen LogP contribution is 2.45. The Hall–Kier alpha value is -5.35. The third-order valence-corrected chi connectivity index (χ3v) is 17.0. The van der Waals surface area contributed by atoms with Gasteiger partial charge in [0.05, 0.1) is 26.4 Å². The molecule has 18 heteroatoms. The van der Waals surface area contributed by atoms with Crippen molar-refractivity contribution in [3.63, 3.8) is 0 Å². The monoisotopic (exact) mass is 1450 g/mol. The normalized spacial score (nSPS) is 15.0. The van der Waals surface area contributed by atoms with Crippen LogP contribution in [-0.4, -0.2) is 95.9 Å². The van der Waals surface area contributed by atoms with Crippen molar-refractivity contribution in [1.29, 1.82) is 0 Å². The van der Waals surface area contributed by atoms with Crippen LogP contribution in [0.4, 0.5) is 0 Å². The maximum absolute atomic E-state index is 12.9. The third kappa shape index (κ3) is 75.6. The molecule has 0 amide bonds. The van der Waals surface area contributed by atoms with Crippen LogP contribution < -0.4 is 0 Å². The highest BCUT2D eigenvalue weighted by Gasteiger charge is 2.29. The van der Waals surface area contributed by atoms with E-state index < -0.39 is 91.5 Å². The molecular formula is C83H134O16P2. The molecule has 0 fully saturated rings. The summed E-state index contributed by atoms with van der Waals surface area (Å²) in [7, 11) is -9.83. The van der Waals surface area contributed by atoms with Crippen LogP contribution in [0.5, 0.6) is 0 Å². The van der Waals surface area contributed by atoms with Gasteiger partial charge in [-0.15, -0.1) is 0 Å². The molecule has 0 radical (unpaired) electrons. The molecule has 0 aromatic carbocycles. The number of phosphoric ester groups is 2. The van der Waals surface area contributed by atoms with E-state index in [1.165, 1.54) is 51.4 Å². The van der Waals surface area contributed by atoms with Gasteiger partial charge in [-0.25, -0.2) is 9.13 Å². The molecule has 0 heterocycles. The first-order valence-electron chi connectivity index (χ1n) is 38.1. The number of aliphatic hydroxyl groups excluding tert-OH is 2. The number of rotatable bonds is 70. The molecule has 0 aromatic heterocycles. The first-order valence-corrected chi connectivity index (χ1v) is 41.1. The Morgan fingerprint density at radius 2 is 0.515 bits per heavy atom. The van der Waals surface area contributed by atoms with Gasteiger partial charge in [-0.1, -0.05) is 287 Å². The first-order chi connectivity index (χ1) is 49.2. The van der Waals surface area contributed by atoms with Gasteiger partial charge < -0.3 is 34.2 Å². The van der Waals surface area contributed by atoms with Gasteiger partial charge in [0.2, 0.25) is 0 Å². The Morgan fingerprint density at radius 3 is 0.842 bits per heavy atom. The molecule has 0 spiro atoms. The van der Waals surface area contributed by atoms with Gasteiger partial charge in [0.1, 0.15) is 25.4 Å². The summed E-state index contributed by atoms with van der Waals surface area (Å²) in [6.45, 7) is 2.20. The van der Waals surface area contributed by atoms with Crippen molar-refractivity contribution < 1.29 is 75.8 Å². The highest BCUT2D eigenvalue weighted by molar-refractivity contribution is 7.47. The van der Waals surface area contributed by atoms with E-state index >= 15 is 0 Å². The van der Waals surface area contributed by atoms with E-state index in [0.717, 1.165) is 148 Å². The Labute approximate surface area is 611 Å². The maximum atomic E-state index is 12.9. The second kappa shape index (κ2) is 74.4.